The van der Waals surface area contributed by atoms with Crippen LogP contribution in [0.25, 0.3) is 0 Å². The van der Waals surface area contributed by atoms with Crippen LogP contribution in [0.4, 0.5) is 4.39 Å². The zero-order valence-corrected chi connectivity index (χ0v) is 12.2. The molecule has 20 heavy (non-hydrogen) atoms. The summed E-state index contributed by atoms with van der Waals surface area (Å²) < 4.78 is 39.5. The van der Waals surface area contributed by atoms with Crippen LogP contribution >= 0.6 is 11.8 Å². The zero-order valence-electron chi connectivity index (χ0n) is 10.6. The molecule has 8 heteroatoms. The van der Waals surface area contributed by atoms with Gasteiger partial charge < -0.3 is 5.11 Å². The maximum absolute atomic E-state index is 13.3. The average Bonchev–Trinajstić information content (AvgIpc) is 2.67. The molecule has 1 heterocycles. The van der Waals surface area contributed by atoms with Gasteiger partial charge in [0.25, 0.3) is 0 Å². The normalized spacial score (nSPS) is 17.6. The lowest BCUT2D eigenvalue weighted by Crippen LogP contribution is -2.33. The van der Waals surface area contributed by atoms with Crippen molar-refractivity contribution in [1.29, 1.82) is 0 Å². The van der Waals surface area contributed by atoms with E-state index in [9.17, 15) is 17.6 Å². The van der Waals surface area contributed by atoms with E-state index in [1.54, 1.807) is 11.8 Å². The molecule has 110 valence electrons. The van der Waals surface area contributed by atoms with E-state index in [0.29, 0.717) is 18.8 Å². The number of sulfonamides is 1. The molecule has 1 fully saturated rings. The van der Waals surface area contributed by atoms with E-state index < -0.39 is 27.4 Å². The Balaban J connectivity index is 2.38. The van der Waals surface area contributed by atoms with Gasteiger partial charge in [0.05, 0.1) is 10.5 Å². The number of hydrogen-bond acceptors (Lipinski definition) is 4. The van der Waals surface area contributed by atoms with Gasteiger partial charge in [-0.25, -0.2) is 17.6 Å². The first-order chi connectivity index (χ1) is 9.43. The Kier molecular flexibility index (Phi) is 4.66. The van der Waals surface area contributed by atoms with Crippen LogP contribution in [-0.4, -0.2) is 48.4 Å². The zero-order chi connectivity index (χ0) is 14.8. The van der Waals surface area contributed by atoms with Crippen molar-refractivity contribution < 1.29 is 22.7 Å². The maximum atomic E-state index is 13.3. The third kappa shape index (κ3) is 3.13. The number of thioether (sulfide) groups is 1. The van der Waals surface area contributed by atoms with Crippen LogP contribution in [0, 0.1) is 5.82 Å². The minimum absolute atomic E-state index is 0.178. The van der Waals surface area contributed by atoms with Gasteiger partial charge in [0.2, 0.25) is 10.0 Å². The molecule has 0 spiro atoms. The van der Waals surface area contributed by atoms with Crippen LogP contribution in [0.3, 0.4) is 0 Å². The Bertz CT molecular complexity index is 610. The van der Waals surface area contributed by atoms with Crippen molar-refractivity contribution in [2.24, 2.45) is 0 Å². The standard InChI is InChI=1S/C12H14FNO4S2/c13-11-3-2-9(8-10(11)12(15)16)20(17,18)14-4-1-6-19-7-5-14/h2-3,8H,1,4-7H2,(H,15,16). The minimum atomic E-state index is -3.77. The summed E-state index contributed by atoms with van der Waals surface area (Å²) in [5, 5.41) is 8.86. The number of aromatic carboxylic acids is 1. The molecule has 0 amide bonds. The highest BCUT2D eigenvalue weighted by molar-refractivity contribution is 7.99. The molecule has 0 aromatic heterocycles. The number of rotatable bonds is 3. The molecule has 0 unspecified atom stereocenters. The van der Waals surface area contributed by atoms with Crippen molar-refractivity contribution in [3.05, 3.63) is 29.6 Å². The van der Waals surface area contributed by atoms with Crippen LogP contribution in [0.15, 0.2) is 23.1 Å². The van der Waals surface area contributed by atoms with E-state index in [2.05, 4.69) is 0 Å². The Morgan fingerprint density at radius 1 is 1.30 bits per heavy atom. The molecule has 1 aromatic rings. The van der Waals surface area contributed by atoms with Crippen LogP contribution in [-0.2, 0) is 10.0 Å². The number of carbonyl (C=O) groups is 1. The highest BCUT2D eigenvalue weighted by atomic mass is 32.2. The van der Waals surface area contributed by atoms with Gasteiger partial charge in [0.15, 0.2) is 0 Å². The third-order valence-corrected chi connectivity index (χ3v) is 5.93. The van der Waals surface area contributed by atoms with Gasteiger partial charge in [-0.3, -0.25) is 0 Å². The number of halogens is 1. The number of hydrogen-bond donors (Lipinski definition) is 1. The highest BCUT2D eigenvalue weighted by Gasteiger charge is 2.26. The highest BCUT2D eigenvalue weighted by Crippen LogP contribution is 2.22. The van der Waals surface area contributed by atoms with E-state index in [1.807, 2.05) is 0 Å². The summed E-state index contributed by atoms with van der Waals surface area (Å²) in [7, 11) is -3.77. The van der Waals surface area contributed by atoms with Crippen LogP contribution < -0.4 is 0 Å². The molecule has 0 atom stereocenters. The SMILES string of the molecule is O=C(O)c1cc(S(=O)(=O)N2CCCSCC2)ccc1F. The first-order valence-electron chi connectivity index (χ1n) is 6.03. The molecule has 1 aliphatic rings. The molecular formula is C12H14FNO4S2. The first kappa shape index (κ1) is 15.3. The van der Waals surface area contributed by atoms with Gasteiger partial charge in [-0.1, -0.05) is 0 Å². The molecule has 0 saturated carbocycles. The maximum Gasteiger partial charge on any atom is 0.338 e. The summed E-state index contributed by atoms with van der Waals surface area (Å²) in [5.41, 5.74) is -0.629. The lowest BCUT2D eigenvalue weighted by molar-refractivity contribution is 0.0691. The van der Waals surface area contributed by atoms with Crippen molar-refractivity contribution in [2.75, 3.05) is 24.6 Å². The van der Waals surface area contributed by atoms with Gasteiger partial charge in [-0.2, -0.15) is 16.1 Å². The monoisotopic (exact) mass is 319 g/mol. The van der Waals surface area contributed by atoms with Crippen LogP contribution in [0.1, 0.15) is 16.8 Å². The first-order valence-corrected chi connectivity index (χ1v) is 8.63. The van der Waals surface area contributed by atoms with Gasteiger partial charge in [0, 0.05) is 18.8 Å². The van der Waals surface area contributed by atoms with E-state index in [0.717, 1.165) is 30.4 Å². The fourth-order valence-electron chi connectivity index (χ4n) is 1.94. The Morgan fingerprint density at radius 3 is 2.75 bits per heavy atom. The van der Waals surface area contributed by atoms with Crippen molar-refractivity contribution in [3.63, 3.8) is 0 Å². The fraction of sp³-hybridized carbons (Fsp3) is 0.417. The second-order valence-corrected chi connectivity index (χ2v) is 7.48. The molecule has 1 saturated heterocycles. The summed E-state index contributed by atoms with van der Waals surface area (Å²) in [6.07, 6.45) is 0.747. The Morgan fingerprint density at radius 2 is 2.05 bits per heavy atom. The molecule has 5 nitrogen and oxygen atoms in total. The molecule has 0 radical (unpaired) electrons. The smallest absolute Gasteiger partial charge is 0.338 e. The van der Waals surface area contributed by atoms with Gasteiger partial charge in [-0.15, -0.1) is 0 Å². The quantitative estimate of drug-likeness (QED) is 0.917. The van der Waals surface area contributed by atoms with Gasteiger partial charge in [0.1, 0.15) is 5.82 Å². The van der Waals surface area contributed by atoms with Crippen LogP contribution in [0.5, 0.6) is 0 Å². The van der Waals surface area contributed by atoms with Crippen molar-refractivity contribution in [2.45, 2.75) is 11.3 Å². The Hall–Kier alpha value is -1.12. The van der Waals surface area contributed by atoms with Crippen molar-refractivity contribution in [3.8, 4) is 0 Å². The molecule has 0 bridgehead atoms. The molecule has 1 aliphatic heterocycles. The van der Waals surface area contributed by atoms with Gasteiger partial charge >= 0.3 is 5.97 Å². The van der Waals surface area contributed by atoms with E-state index in [1.165, 1.54) is 4.31 Å². The predicted molar refractivity (Wildman–Crippen MR) is 74.1 cm³/mol. The van der Waals surface area contributed by atoms with E-state index in [-0.39, 0.29) is 4.90 Å². The molecular weight excluding hydrogens is 305 g/mol. The Labute approximate surface area is 120 Å². The molecule has 2 rings (SSSR count). The van der Waals surface area contributed by atoms with Gasteiger partial charge in [-0.05, 0) is 30.4 Å². The van der Waals surface area contributed by atoms with E-state index in [4.69, 9.17) is 5.11 Å². The van der Waals surface area contributed by atoms with Crippen molar-refractivity contribution in [1.82, 2.24) is 4.31 Å². The largest absolute Gasteiger partial charge is 0.478 e. The summed E-state index contributed by atoms with van der Waals surface area (Å²) >= 11 is 1.68. The second kappa shape index (κ2) is 6.11. The second-order valence-electron chi connectivity index (χ2n) is 4.32. The lowest BCUT2D eigenvalue weighted by atomic mass is 10.2. The van der Waals surface area contributed by atoms with E-state index >= 15 is 0 Å². The molecule has 1 aromatic carbocycles. The number of carboxylic acid groups (broad SMARTS) is 1. The topological polar surface area (TPSA) is 74.7 Å². The molecule has 1 N–H and O–H groups in total. The summed E-state index contributed by atoms with van der Waals surface area (Å²) in [5.74, 6) is -0.823. The summed E-state index contributed by atoms with van der Waals surface area (Å²) in [6, 6.07) is 2.86. The predicted octanol–water partition coefficient (Wildman–Crippen LogP) is 1.65. The number of carboxylic acids is 1. The molecule has 0 aliphatic carbocycles. The number of nitrogens with zero attached hydrogens (tertiary/aromatic N) is 1. The lowest BCUT2D eigenvalue weighted by Gasteiger charge is -2.19. The fourth-order valence-corrected chi connectivity index (χ4v) is 4.45. The van der Waals surface area contributed by atoms with Crippen LogP contribution in [0.2, 0.25) is 0 Å². The van der Waals surface area contributed by atoms with Crippen molar-refractivity contribution >= 4 is 27.8 Å². The summed E-state index contributed by atoms with van der Waals surface area (Å²) in [6.45, 7) is 0.780. The average molecular weight is 319 g/mol. The minimum Gasteiger partial charge on any atom is -0.478 e. The number of benzene rings is 1. The summed E-state index contributed by atoms with van der Waals surface area (Å²) in [4.78, 5) is 10.7. The third-order valence-electron chi connectivity index (χ3n) is 2.99.